The van der Waals surface area contributed by atoms with E-state index in [1.165, 1.54) is 11.3 Å². The van der Waals surface area contributed by atoms with Gasteiger partial charge in [-0.15, -0.1) is 11.3 Å². The second-order valence-electron chi connectivity index (χ2n) is 4.01. The lowest BCUT2D eigenvalue weighted by Crippen LogP contribution is -2.28. The molecule has 3 N–H and O–H groups in total. The molecule has 2 rings (SSSR count). The first-order valence-electron chi connectivity index (χ1n) is 6.09. The van der Waals surface area contributed by atoms with Crippen LogP contribution in [0, 0.1) is 0 Å². The van der Waals surface area contributed by atoms with Gasteiger partial charge in [-0.1, -0.05) is 30.3 Å². The average molecular weight is 290 g/mol. The van der Waals surface area contributed by atoms with Crippen LogP contribution in [0.4, 0.5) is 9.80 Å². The molecule has 0 radical (unpaired) electrons. The minimum absolute atomic E-state index is 0.0973. The van der Waals surface area contributed by atoms with Crippen molar-refractivity contribution in [3.8, 4) is 10.4 Å². The van der Waals surface area contributed by atoms with E-state index in [2.05, 4.69) is 10.6 Å². The van der Waals surface area contributed by atoms with Crippen LogP contribution < -0.4 is 10.6 Å². The molecule has 0 atom stereocenters. The lowest BCUT2D eigenvalue weighted by atomic mass is 10.1. The Morgan fingerprint density at radius 2 is 1.95 bits per heavy atom. The third-order valence-corrected chi connectivity index (χ3v) is 3.68. The van der Waals surface area contributed by atoms with Crippen LogP contribution in [0.5, 0.6) is 0 Å². The Kier molecular flexibility index (Phi) is 4.37. The molecule has 0 aliphatic rings. The SMILES string of the molecule is CCNC(=O)Nc1sc(-c2ccccc2)cc1C(=O)O. The van der Waals surface area contributed by atoms with Crippen LogP contribution >= 0.6 is 11.3 Å². The zero-order valence-electron chi connectivity index (χ0n) is 10.8. The number of carboxylic acids is 1. The predicted octanol–water partition coefficient (Wildman–Crippen LogP) is 3.25. The first-order valence-corrected chi connectivity index (χ1v) is 6.91. The molecule has 5 nitrogen and oxygen atoms in total. The standard InChI is InChI=1S/C14H14N2O3S/c1-2-15-14(19)16-12-10(13(17)18)8-11(20-12)9-6-4-3-5-7-9/h3-8H,2H2,1H3,(H,17,18)(H2,15,16,19). The second kappa shape index (κ2) is 6.21. The molecule has 0 aliphatic heterocycles. The minimum atomic E-state index is -1.06. The topological polar surface area (TPSA) is 78.4 Å². The highest BCUT2D eigenvalue weighted by molar-refractivity contribution is 7.20. The fourth-order valence-corrected chi connectivity index (χ4v) is 2.75. The quantitative estimate of drug-likeness (QED) is 0.808. The monoisotopic (exact) mass is 290 g/mol. The number of benzene rings is 1. The van der Waals surface area contributed by atoms with Crippen molar-refractivity contribution in [2.24, 2.45) is 0 Å². The predicted molar refractivity (Wildman–Crippen MR) is 79.4 cm³/mol. The third kappa shape index (κ3) is 3.16. The van der Waals surface area contributed by atoms with Crippen molar-refractivity contribution in [1.82, 2.24) is 5.32 Å². The molecule has 0 aliphatic carbocycles. The Labute approximate surface area is 120 Å². The van der Waals surface area contributed by atoms with E-state index in [4.69, 9.17) is 0 Å². The van der Waals surface area contributed by atoms with E-state index in [0.29, 0.717) is 11.5 Å². The van der Waals surface area contributed by atoms with Gasteiger partial charge in [0.2, 0.25) is 0 Å². The van der Waals surface area contributed by atoms with Gasteiger partial charge in [0.05, 0.1) is 5.56 Å². The van der Waals surface area contributed by atoms with Gasteiger partial charge >= 0.3 is 12.0 Å². The summed E-state index contributed by atoms with van der Waals surface area (Å²) >= 11 is 1.24. The number of carbonyl (C=O) groups is 2. The summed E-state index contributed by atoms with van der Waals surface area (Å²) in [6, 6.07) is 10.6. The molecule has 0 fully saturated rings. The van der Waals surface area contributed by atoms with Crippen molar-refractivity contribution in [3.05, 3.63) is 42.0 Å². The first-order chi connectivity index (χ1) is 9.61. The van der Waals surface area contributed by atoms with E-state index in [1.54, 1.807) is 13.0 Å². The van der Waals surface area contributed by atoms with E-state index in [0.717, 1.165) is 10.4 Å². The Balaban J connectivity index is 2.34. The van der Waals surface area contributed by atoms with Crippen LogP contribution in [-0.2, 0) is 0 Å². The van der Waals surface area contributed by atoms with Crippen molar-refractivity contribution >= 4 is 28.3 Å². The van der Waals surface area contributed by atoms with Crippen LogP contribution in [0.3, 0.4) is 0 Å². The van der Waals surface area contributed by atoms with Crippen LogP contribution in [0.25, 0.3) is 10.4 Å². The van der Waals surface area contributed by atoms with Gasteiger partial charge in [-0.25, -0.2) is 9.59 Å². The molecule has 0 bridgehead atoms. The second-order valence-corrected chi connectivity index (χ2v) is 5.06. The maximum absolute atomic E-state index is 11.5. The molecule has 20 heavy (non-hydrogen) atoms. The van der Waals surface area contributed by atoms with Crippen molar-refractivity contribution < 1.29 is 14.7 Å². The molecule has 6 heteroatoms. The summed E-state index contributed by atoms with van der Waals surface area (Å²) in [6.07, 6.45) is 0. The maximum Gasteiger partial charge on any atom is 0.338 e. The van der Waals surface area contributed by atoms with Crippen molar-refractivity contribution in [1.29, 1.82) is 0 Å². The zero-order chi connectivity index (χ0) is 14.5. The van der Waals surface area contributed by atoms with Crippen LogP contribution in [0.1, 0.15) is 17.3 Å². The van der Waals surface area contributed by atoms with Gasteiger partial charge in [0, 0.05) is 11.4 Å². The summed E-state index contributed by atoms with van der Waals surface area (Å²) < 4.78 is 0. The normalized spacial score (nSPS) is 10.1. The number of amides is 2. The number of aromatic carboxylic acids is 1. The van der Waals surface area contributed by atoms with Gasteiger partial charge in [-0.3, -0.25) is 5.32 Å². The van der Waals surface area contributed by atoms with Gasteiger partial charge in [0.15, 0.2) is 0 Å². The average Bonchev–Trinajstić information content (AvgIpc) is 2.84. The number of hydrogen-bond acceptors (Lipinski definition) is 3. The Morgan fingerprint density at radius 1 is 1.25 bits per heavy atom. The molecule has 104 valence electrons. The molecular formula is C14H14N2O3S. The molecule has 0 spiro atoms. The highest BCUT2D eigenvalue weighted by Gasteiger charge is 2.17. The van der Waals surface area contributed by atoms with Gasteiger partial charge in [-0.2, -0.15) is 0 Å². The van der Waals surface area contributed by atoms with E-state index in [1.807, 2.05) is 30.3 Å². The summed E-state index contributed by atoms with van der Waals surface area (Å²) in [5, 5.41) is 14.7. The molecule has 1 aromatic carbocycles. The highest BCUT2D eigenvalue weighted by atomic mass is 32.1. The Hall–Kier alpha value is -2.34. The van der Waals surface area contributed by atoms with Gasteiger partial charge in [-0.05, 0) is 18.6 Å². The van der Waals surface area contributed by atoms with Gasteiger partial charge in [0.25, 0.3) is 0 Å². The van der Waals surface area contributed by atoms with Gasteiger partial charge < -0.3 is 10.4 Å². The Morgan fingerprint density at radius 3 is 2.55 bits per heavy atom. The molecule has 1 heterocycles. The molecule has 2 amide bonds. The lowest BCUT2D eigenvalue weighted by Gasteiger charge is -2.04. The van der Waals surface area contributed by atoms with E-state index in [-0.39, 0.29) is 5.56 Å². The van der Waals surface area contributed by atoms with E-state index >= 15 is 0 Å². The fourth-order valence-electron chi connectivity index (χ4n) is 1.70. The zero-order valence-corrected chi connectivity index (χ0v) is 11.7. The number of anilines is 1. The number of carbonyl (C=O) groups excluding carboxylic acids is 1. The van der Waals surface area contributed by atoms with Crippen molar-refractivity contribution in [3.63, 3.8) is 0 Å². The summed E-state index contributed by atoms with van der Waals surface area (Å²) in [5.41, 5.74) is 1.02. The van der Waals surface area contributed by atoms with Crippen LogP contribution in [0.2, 0.25) is 0 Å². The minimum Gasteiger partial charge on any atom is -0.478 e. The molecule has 0 unspecified atom stereocenters. The number of nitrogens with one attached hydrogen (secondary N) is 2. The van der Waals surface area contributed by atoms with Crippen LogP contribution in [-0.4, -0.2) is 23.7 Å². The number of carboxylic acid groups (broad SMARTS) is 1. The number of thiophene rings is 1. The smallest absolute Gasteiger partial charge is 0.338 e. The number of hydrogen-bond donors (Lipinski definition) is 3. The summed E-state index contributed by atoms with van der Waals surface area (Å²) in [6.45, 7) is 2.27. The van der Waals surface area contributed by atoms with Gasteiger partial charge in [0.1, 0.15) is 5.00 Å². The van der Waals surface area contributed by atoms with E-state index in [9.17, 15) is 14.7 Å². The molecule has 1 aromatic heterocycles. The molecule has 0 saturated carbocycles. The Bertz CT molecular complexity index is 623. The third-order valence-electron chi connectivity index (χ3n) is 2.59. The number of urea groups is 1. The van der Waals surface area contributed by atoms with Crippen LogP contribution in [0.15, 0.2) is 36.4 Å². The fraction of sp³-hybridized carbons (Fsp3) is 0.143. The molecule has 0 saturated heterocycles. The maximum atomic E-state index is 11.5. The number of rotatable bonds is 4. The lowest BCUT2D eigenvalue weighted by molar-refractivity contribution is 0.0698. The molecular weight excluding hydrogens is 276 g/mol. The summed E-state index contributed by atoms with van der Waals surface area (Å²) in [7, 11) is 0. The summed E-state index contributed by atoms with van der Waals surface area (Å²) in [4.78, 5) is 23.6. The largest absolute Gasteiger partial charge is 0.478 e. The summed E-state index contributed by atoms with van der Waals surface area (Å²) in [5.74, 6) is -1.06. The van der Waals surface area contributed by atoms with Crippen molar-refractivity contribution in [2.75, 3.05) is 11.9 Å². The first kappa shape index (κ1) is 14.1. The van der Waals surface area contributed by atoms with Crippen molar-refractivity contribution in [2.45, 2.75) is 6.92 Å². The van der Waals surface area contributed by atoms with E-state index < -0.39 is 12.0 Å². The molecule has 2 aromatic rings. The highest BCUT2D eigenvalue weighted by Crippen LogP contribution is 2.35.